The van der Waals surface area contributed by atoms with Crippen LogP contribution >= 0.6 is 0 Å². The average Bonchev–Trinajstić information content (AvgIpc) is 2.74. The fraction of sp³-hybridized carbons (Fsp3) is 0.286. The molecule has 0 amide bonds. The molecule has 3 aromatic rings. The van der Waals surface area contributed by atoms with Crippen LogP contribution in [0.5, 0.6) is 5.75 Å². The maximum absolute atomic E-state index is 12.2. The van der Waals surface area contributed by atoms with Crippen LogP contribution in [-0.2, 0) is 25.7 Å². The molecule has 3 rings (SSSR count). The van der Waals surface area contributed by atoms with E-state index >= 15 is 0 Å². The number of hydrogen-bond acceptors (Lipinski definition) is 8. The van der Waals surface area contributed by atoms with Gasteiger partial charge in [0.05, 0.1) is 14.2 Å². The molecular formula is C21H21NO7. The summed E-state index contributed by atoms with van der Waals surface area (Å²) < 4.78 is 20.4. The van der Waals surface area contributed by atoms with Gasteiger partial charge in [0.15, 0.2) is 0 Å². The Kier molecular flexibility index (Phi) is 6.13. The van der Waals surface area contributed by atoms with Gasteiger partial charge in [0, 0.05) is 23.4 Å². The first-order valence-corrected chi connectivity index (χ1v) is 8.95. The quantitative estimate of drug-likeness (QED) is 0.365. The number of rotatable bonds is 7. The van der Waals surface area contributed by atoms with Crippen LogP contribution in [0.1, 0.15) is 18.4 Å². The molecule has 1 aromatic heterocycles. The Morgan fingerprint density at radius 1 is 1.14 bits per heavy atom. The molecule has 0 saturated heterocycles. The number of benzene rings is 2. The Hall–Kier alpha value is -3.39. The summed E-state index contributed by atoms with van der Waals surface area (Å²) in [7, 11) is 2.82. The monoisotopic (exact) mass is 399 g/mol. The molecule has 0 radical (unpaired) electrons. The molecule has 29 heavy (non-hydrogen) atoms. The summed E-state index contributed by atoms with van der Waals surface area (Å²) in [5.41, 5.74) is 6.09. The van der Waals surface area contributed by atoms with Crippen LogP contribution in [0.25, 0.3) is 21.7 Å². The molecule has 8 nitrogen and oxygen atoms in total. The minimum absolute atomic E-state index is 0.00898. The van der Waals surface area contributed by atoms with E-state index < -0.39 is 23.6 Å². The van der Waals surface area contributed by atoms with E-state index in [1.807, 2.05) is 24.3 Å². The van der Waals surface area contributed by atoms with Crippen LogP contribution in [0, 0.1) is 0 Å². The Bertz CT molecular complexity index is 1120. The zero-order chi connectivity index (χ0) is 21.0. The Morgan fingerprint density at radius 2 is 1.90 bits per heavy atom. The van der Waals surface area contributed by atoms with Gasteiger partial charge in [-0.15, -0.1) is 0 Å². The number of fused-ring (bicyclic) bond motifs is 3. The van der Waals surface area contributed by atoms with Crippen molar-refractivity contribution in [2.45, 2.75) is 25.5 Å². The second-order valence-corrected chi connectivity index (χ2v) is 6.45. The van der Waals surface area contributed by atoms with Crippen LogP contribution in [0.2, 0.25) is 0 Å². The van der Waals surface area contributed by atoms with E-state index in [9.17, 15) is 14.4 Å². The van der Waals surface area contributed by atoms with Crippen molar-refractivity contribution in [3.63, 3.8) is 0 Å². The Morgan fingerprint density at radius 3 is 2.62 bits per heavy atom. The van der Waals surface area contributed by atoms with Gasteiger partial charge in [0.25, 0.3) is 0 Å². The molecule has 152 valence electrons. The third-order valence-electron chi connectivity index (χ3n) is 4.57. The van der Waals surface area contributed by atoms with E-state index in [-0.39, 0.29) is 19.4 Å². The molecule has 0 unspecified atom stereocenters. The van der Waals surface area contributed by atoms with E-state index in [1.165, 1.54) is 13.2 Å². The highest BCUT2D eigenvalue weighted by molar-refractivity contribution is 6.07. The van der Waals surface area contributed by atoms with Gasteiger partial charge in [-0.05, 0) is 35.4 Å². The lowest BCUT2D eigenvalue weighted by Gasteiger charge is -2.13. The molecule has 0 aliphatic carbocycles. The van der Waals surface area contributed by atoms with Gasteiger partial charge in [0.1, 0.15) is 24.0 Å². The van der Waals surface area contributed by atoms with Crippen molar-refractivity contribution in [1.29, 1.82) is 0 Å². The number of hydrogen-bond donors (Lipinski definition) is 1. The van der Waals surface area contributed by atoms with Crippen molar-refractivity contribution >= 4 is 33.7 Å². The third kappa shape index (κ3) is 4.55. The first-order chi connectivity index (χ1) is 13.9. The van der Waals surface area contributed by atoms with Crippen LogP contribution in [0.3, 0.4) is 0 Å². The van der Waals surface area contributed by atoms with Crippen molar-refractivity contribution in [2.24, 2.45) is 5.73 Å². The zero-order valence-corrected chi connectivity index (χ0v) is 16.1. The Labute approximate surface area is 166 Å². The van der Waals surface area contributed by atoms with Crippen molar-refractivity contribution < 1.29 is 28.2 Å². The molecule has 0 saturated carbocycles. The van der Waals surface area contributed by atoms with E-state index in [1.54, 1.807) is 13.2 Å². The molecule has 1 heterocycles. The lowest BCUT2D eigenvalue weighted by Crippen LogP contribution is -2.32. The van der Waals surface area contributed by atoms with Gasteiger partial charge in [0.2, 0.25) is 0 Å². The Balaban J connectivity index is 1.90. The summed E-state index contributed by atoms with van der Waals surface area (Å²) in [5.74, 6) is -0.489. The fourth-order valence-electron chi connectivity index (χ4n) is 3.04. The number of nitrogens with two attached hydrogens (primary N) is 1. The van der Waals surface area contributed by atoms with Crippen molar-refractivity contribution in [3.05, 3.63) is 52.4 Å². The van der Waals surface area contributed by atoms with E-state index in [0.717, 1.165) is 10.8 Å². The predicted molar refractivity (Wildman–Crippen MR) is 106 cm³/mol. The van der Waals surface area contributed by atoms with E-state index in [4.69, 9.17) is 19.6 Å². The van der Waals surface area contributed by atoms with Crippen molar-refractivity contribution in [2.75, 3.05) is 14.2 Å². The minimum atomic E-state index is -0.975. The molecule has 0 fully saturated rings. The molecule has 8 heteroatoms. The summed E-state index contributed by atoms with van der Waals surface area (Å²) in [6.45, 7) is -0.164. The summed E-state index contributed by atoms with van der Waals surface area (Å²) >= 11 is 0. The highest BCUT2D eigenvalue weighted by Gasteiger charge is 2.18. The highest BCUT2D eigenvalue weighted by Crippen LogP contribution is 2.30. The van der Waals surface area contributed by atoms with Crippen LogP contribution in [0.15, 0.2) is 45.6 Å². The first-order valence-electron chi connectivity index (χ1n) is 8.95. The number of methoxy groups -OCH3 is 2. The molecule has 1 atom stereocenters. The van der Waals surface area contributed by atoms with Crippen molar-refractivity contribution in [3.8, 4) is 5.75 Å². The van der Waals surface area contributed by atoms with Gasteiger partial charge in [-0.1, -0.05) is 12.1 Å². The van der Waals surface area contributed by atoms with Crippen LogP contribution in [0.4, 0.5) is 0 Å². The van der Waals surface area contributed by atoms with Gasteiger partial charge in [-0.25, -0.2) is 4.79 Å². The van der Waals surface area contributed by atoms with Gasteiger partial charge < -0.3 is 24.4 Å². The molecule has 0 spiro atoms. The normalized spacial score (nSPS) is 12.0. The molecule has 2 N–H and O–H groups in total. The number of carbonyl (C=O) groups excluding carboxylic acids is 2. The second kappa shape index (κ2) is 8.74. The smallest absolute Gasteiger partial charge is 0.336 e. The number of carbonyl (C=O) groups is 2. The molecular weight excluding hydrogens is 378 g/mol. The summed E-state index contributed by atoms with van der Waals surface area (Å²) in [6, 6.07) is 9.37. The molecule has 0 aliphatic rings. The number of ether oxygens (including phenoxy) is 3. The standard InChI is InChI=1S/C21H21NO7/c1-26-14-5-3-12-4-7-17-20(15(12)10-14)13(9-19(24)29-17)11-28-21(25)16(22)6-8-18(23)27-2/h3-5,7,9-10,16H,6,8,11,22H2,1-2H3/t16-/m0/s1. The molecule has 0 aliphatic heterocycles. The second-order valence-electron chi connectivity index (χ2n) is 6.45. The largest absolute Gasteiger partial charge is 0.497 e. The third-order valence-corrected chi connectivity index (χ3v) is 4.57. The zero-order valence-electron chi connectivity index (χ0n) is 16.1. The fourth-order valence-corrected chi connectivity index (χ4v) is 3.04. The summed E-state index contributed by atoms with van der Waals surface area (Å²) in [6.07, 6.45) is 0.109. The lowest BCUT2D eigenvalue weighted by atomic mass is 10.0. The van der Waals surface area contributed by atoms with E-state index in [0.29, 0.717) is 22.3 Å². The number of esters is 2. The van der Waals surface area contributed by atoms with E-state index in [2.05, 4.69) is 4.74 Å². The van der Waals surface area contributed by atoms with Crippen LogP contribution in [-0.4, -0.2) is 32.2 Å². The predicted octanol–water partition coefficient (Wildman–Crippen LogP) is 2.28. The summed E-state index contributed by atoms with van der Waals surface area (Å²) in [5, 5.41) is 2.36. The highest BCUT2D eigenvalue weighted by atomic mass is 16.5. The maximum atomic E-state index is 12.2. The minimum Gasteiger partial charge on any atom is -0.497 e. The maximum Gasteiger partial charge on any atom is 0.336 e. The molecule has 0 bridgehead atoms. The van der Waals surface area contributed by atoms with Gasteiger partial charge in [-0.3, -0.25) is 9.59 Å². The average molecular weight is 399 g/mol. The summed E-state index contributed by atoms with van der Waals surface area (Å²) in [4.78, 5) is 35.3. The first kappa shape index (κ1) is 20.3. The lowest BCUT2D eigenvalue weighted by molar-refractivity contribution is -0.147. The SMILES string of the molecule is COC(=O)CC[C@H](N)C(=O)OCc1cc(=O)oc2ccc3ccc(OC)cc3c12. The van der Waals surface area contributed by atoms with Gasteiger partial charge in [-0.2, -0.15) is 0 Å². The topological polar surface area (TPSA) is 118 Å². The van der Waals surface area contributed by atoms with Crippen LogP contribution < -0.4 is 16.1 Å². The van der Waals surface area contributed by atoms with Crippen molar-refractivity contribution in [1.82, 2.24) is 0 Å². The molecule has 2 aromatic carbocycles. The van der Waals surface area contributed by atoms with Gasteiger partial charge >= 0.3 is 17.6 Å².